The summed E-state index contributed by atoms with van der Waals surface area (Å²) in [5.74, 6) is 1.20. The first-order valence-corrected chi connectivity index (χ1v) is 12.7. The van der Waals surface area contributed by atoms with E-state index in [-0.39, 0.29) is 11.7 Å². The number of halogens is 2. The average molecular weight is 511 g/mol. The summed E-state index contributed by atoms with van der Waals surface area (Å²) in [4.78, 5) is 12.7. The number of carbonyl (C=O) groups excluding carboxylic acids is 1. The Kier molecular flexibility index (Phi) is 7.93. The Balaban J connectivity index is 1.53. The number of rotatable bonds is 8. The highest BCUT2D eigenvalue weighted by molar-refractivity contribution is 7.99. The summed E-state index contributed by atoms with van der Waals surface area (Å²) in [6.07, 6.45) is 1.08. The van der Waals surface area contributed by atoms with Crippen molar-refractivity contribution in [1.82, 2.24) is 14.8 Å². The fourth-order valence-electron chi connectivity index (χ4n) is 3.46. The quantitative estimate of drug-likeness (QED) is 0.249. The first-order chi connectivity index (χ1) is 16.4. The van der Waals surface area contributed by atoms with E-state index in [1.807, 2.05) is 65.2 Å². The van der Waals surface area contributed by atoms with E-state index in [0.29, 0.717) is 26.9 Å². The van der Waals surface area contributed by atoms with E-state index < -0.39 is 0 Å². The molecule has 1 heterocycles. The predicted molar refractivity (Wildman–Crippen MR) is 141 cm³/mol. The van der Waals surface area contributed by atoms with Gasteiger partial charge in [-0.05, 0) is 66.4 Å². The summed E-state index contributed by atoms with van der Waals surface area (Å²) in [6, 6.07) is 22.8. The number of nitrogens with one attached hydrogen (secondary N) is 1. The molecule has 0 aliphatic rings. The van der Waals surface area contributed by atoms with Crippen LogP contribution in [-0.4, -0.2) is 26.4 Å². The lowest BCUT2D eigenvalue weighted by atomic mass is 9.99. The van der Waals surface area contributed by atoms with Gasteiger partial charge in [-0.1, -0.05) is 73.1 Å². The molecule has 1 atom stereocenters. The zero-order valence-corrected chi connectivity index (χ0v) is 21.2. The second kappa shape index (κ2) is 11.1. The normalized spacial score (nSPS) is 11.9. The summed E-state index contributed by atoms with van der Waals surface area (Å²) < 4.78 is 1.90. The van der Waals surface area contributed by atoms with E-state index in [9.17, 15) is 4.79 Å². The number of carbonyl (C=O) groups is 1. The maximum Gasteiger partial charge on any atom is 0.234 e. The molecule has 4 rings (SSSR count). The number of anilines is 1. The lowest BCUT2D eigenvalue weighted by Crippen LogP contribution is -2.14. The SMILES string of the molecule is CC[C@H](C)c1ccc(NC(=O)CSc2nnc(-c3cccc(Cl)c3)n2-c2ccc(Cl)cc2)cc1. The second-order valence-electron chi connectivity index (χ2n) is 7.90. The number of thioether (sulfide) groups is 1. The van der Waals surface area contributed by atoms with Crippen LogP contribution in [0.25, 0.3) is 17.1 Å². The van der Waals surface area contributed by atoms with Gasteiger partial charge in [0, 0.05) is 27.0 Å². The Morgan fingerprint density at radius 2 is 1.74 bits per heavy atom. The van der Waals surface area contributed by atoms with E-state index in [0.717, 1.165) is 23.4 Å². The van der Waals surface area contributed by atoms with Crippen LogP contribution < -0.4 is 5.32 Å². The van der Waals surface area contributed by atoms with Gasteiger partial charge in [0.25, 0.3) is 0 Å². The third-order valence-electron chi connectivity index (χ3n) is 5.51. The summed E-state index contributed by atoms with van der Waals surface area (Å²) in [5.41, 5.74) is 3.71. The number of aromatic nitrogens is 3. The first kappa shape index (κ1) is 24.3. The molecule has 0 spiro atoms. The second-order valence-corrected chi connectivity index (χ2v) is 9.71. The molecule has 4 aromatic rings. The molecule has 5 nitrogen and oxygen atoms in total. The largest absolute Gasteiger partial charge is 0.325 e. The van der Waals surface area contributed by atoms with Crippen molar-refractivity contribution in [2.45, 2.75) is 31.3 Å². The zero-order chi connectivity index (χ0) is 24.1. The molecule has 34 heavy (non-hydrogen) atoms. The van der Waals surface area contributed by atoms with Gasteiger partial charge >= 0.3 is 0 Å². The topological polar surface area (TPSA) is 59.8 Å². The van der Waals surface area contributed by atoms with Gasteiger partial charge in [-0.15, -0.1) is 10.2 Å². The number of benzene rings is 3. The zero-order valence-electron chi connectivity index (χ0n) is 18.8. The molecule has 0 aliphatic carbocycles. The minimum Gasteiger partial charge on any atom is -0.325 e. The molecule has 0 radical (unpaired) electrons. The fourth-order valence-corrected chi connectivity index (χ4v) is 4.53. The minimum atomic E-state index is -0.115. The minimum absolute atomic E-state index is 0.115. The Morgan fingerprint density at radius 1 is 1.00 bits per heavy atom. The van der Waals surface area contributed by atoms with E-state index in [2.05, 4.69) is 41.5 Å². The van der Waals surface area contributed by atoms with Crippen LogP contribution in [0, 0.1) is 0 Å². The number of amides is 1. The average Bonchev–Trinajstić information content (AvgIpc) is 3.27. The van der Waals surface area contributed by atoms with Crippen LogP contribution in [0.1, 0.15) is 31.7 Å². The maximum absolute atomic E-state index is 12.7. The predicted octanol–water partition coefficient (Wildman–Crippen LogP) is 7.49. The van der Waals surface area contributed by atoms with Crippen LogP contribution in [0.2, 0.25) is 10.0 Å². The summed E-state index contributed by atoms with van der Waals surface area (Å²) >= 11 is 13.6. The van der Waals surface area contributed by atoms with Crippen LogP contribution in [0.4, 0.5) is 5.69 Å². The van der Waals surface area contributed by atoms with Gasteiger partial charge in [-0.2, -0.15) is 0 Å². The molecular formula is C26H24Cl2N4OS. The summed E-state index contributed by atoms with van der Waals surface area (Å²) in [6.45, 7) is 4.36. The molecule has 1 N–H and O–H groups in total. The molecule has 1 aromatic heterocycles. The Labute approximate surface area is 213 Å². The highest BCUT2D eigenvalue weighted by Gasteiger charge is 2.18. The molecule has 0 saturated carbocycles. The standard InChI is InChI=1S/C26H24Cl2N4OS/c1-3-17(2)18-7-11-22(12-8-18)29-24(33)16-34-26-31-30-25(19-5-4-6-21(28)15-19)32(26)23-13-9-20(27)10-14-23/h4-15,17H,3,16H2,1-2H3,(H,29,33)/t17-/m0/s1. The van der Waals surface area contributed by atoms with Gasteiger partial charge in [0.1, 0.15) is 0 Å². The van der Waals surface area contributed by atoms with Gasteiger partial charge in [0.2, 0.25) is 5.91 Å². The highest BCUT2D eigenvalue weighted by Crippen LogP contribution is 2.30. The van der Waals surface area contributed by atoms with Crippen molar-refractivity contribution in [2.75, 3.05) is 11.1 Å². The molecule has 0 aliphatic heterocycles. The molecule has 174 valence electrons. The molecule has 1 amide bonds. The van der Waals surface area contributed by atoms with Crippen molar-refractivity contribution < 1.29 is 4.79 Å². The van der Waals surface area contributed by atoms with Gasteiger partial charge in [-0.25, -0.2) is 0 Å². The Morgan fingerprint density at radius 3 is 2.41 bits per heavy atom. The lowest BCUT2D eigenvalue weighted by Gasteiger charge is -2.12. The summed E-state index contributed by atoms with van der Waals surface area (Å²) in [5, 5.41) is 13.5. The fraction of sp³-hybridized carbons (Fsp3) is 0.192. The number of hydrogen-bond acceptors (Lipinski definition) is 4. The van der Waals surface area contributed by atoms with Crippen molar-refractivity contribution in [2.24, 2.45) is 0 Å². The molecular weight excluding hydrogens is 487 g/mol. The van der Waals surface area contributed by atoms with Gasteiger partial charge in [0.15, 0.2) is 11.0 Å². The van der Waals surface area contributed by atoms with E-state index in [4.69, 9.17) is 23.2 Å². The van der Waals surface area contributed by atoms with Crippen LogP contribution >= 0.6 is 35.0 Å². The van der Waals surface area contributed by atoms with Gasteiger partial charge in [0.05, 0.1) is 5.75 Å². The van der Waals surface area contributed by atoms with Crippen LogP contribution in [-0.2, 0) is 4.79 Å². The third kappa shape index (κ3) is 5.81. The third-order valence-corrected chi connectivity index (χ3v) is 6.93. The monoisotopic (exact) mass is 510 g/mol. The van der Waals surface area contributed by atoms with Crippen molar-refractivity contribution in [1.29, 1.82) is 0 Å². The number of nitrogens with zero attached hydrogens (tertiary/aromatic N) is 3. The molecule has 3 aromatic carbocycles. The van der Waals surface area contributed by atoms with Crippen LogP contribution in [0.3, 0.4) is 0 Å². The van der Waals surface area contributed by atoms with Crippen LogP contribution in [0.5, 0.6) is 0 Å². The molecule has 0 bridgehead atoms. The van der Waals surface area contributed by atoms with Crippen molar-refractivity contribution in [3.8, 4) is 17.1 Å². The Hall–Kier alpha value is -2.80. The van der Waals surface area contributed by atoms with Crippen LogP contribution in [0.15, 0.2) is 78.0 Å². The molecule has 0 fully saturated rings. The number of hydrogen-bond donors (Lipinski definition) is 1. The van der Waals surface area contributed by atoms with Crippen molar-refractivity contribution in [3.05, 3.63) is 88.4 Å². The summed E-state index contributed by atoms with van der Waals surface area (Å²) in [7, 11) is 0. The molecule has 0 saturated heterocycles. The van der Waals surface area contributed by atoms with Crippen molar-refractivity contribution in [3.63, 3.8) is 0 Å². The van der Waals surface area contributed by atoms with Crippen molar-refractivity contribution >= 4 is 46.6 Å². The van der Waals surface area contributed by atoms with E-state index in [1.165, 1.54) is 17.3 Å². The van der Waals surface area contributed by atoms with Gasteiger partial charge in [-0.3, -0.25) is 9.36 Å². The maximum atomic E-state index is 12.7. The Bertz CT molecular complexity index is 1270. The smallest absolute Gasteiger partial charge is 0.234 e. The molecule has 0 unspecified atom stereocenters. The van der Waals surface area contributed by atoms with E-state index >= 15 is 0 Å². The lowest BCUT2D eigenvalue weighted by molar-refractivity contribution is -0.113. The first-order valence-electron chi connectivity index (χ1n) is 10.9. The molecule has 8 heteroatoms. The van der Waals surface area contributed by atoms with E-state index in [1.54, 1.807) is 0 Å². The highest BCUT2D eigenvalue weighted by atomic mass is 35.5. The van der Waals surface area contributed by atoms with Gasteiger partial charge < -0.3 is 5.32 Å².